The number of carbonyl (C=O) groups excluding carboxylic acids is 1. The molecule has 1 aromatic rings. The minimum Gasteiger partial charge on any atom is -0.406 e. The number of aliphatic hydroxyl groups is 1. The fraction of sp³-hybridized carbons (Fsp3) is 0.500. The van der Waals surface area contributed by atoms with E-state index in [0.29, 0.717) is 5.56 Å². The number of amides is 1. The van der Waals surface area contributed by atoms with E-state index in [-0.39, 0.29) is 37.6 Å². The predicted octanol–water partition coefficient (Wildman–Crippen LogP) is 2.06. The van der Waals surface area contributed by atoms with Gasteiger partial charge >= 0.3 is 6.36 Å². The summed E-state index contributed by atoms with van der Waals surface area (Å²) in [6.07, 6.45) is -5.91. The highest BCUT2D eigenvalue weighted by molar-refractivity contribution is 5.79. The molecule has 0 spiro atoms. The molecule has 1 aromatic carbocycles. The lowest BCUT2D eigenvalue weighted by Crippen LogP contribution is -2.38. The van der Waals surface area contributed by atoms with Gasteiger partial charge in [0.15, 0.2) is 0 Å². The summed E-state index contributed by atoms with van der Waals surface area (Å²) in [6.45, 7) is -0.385. The molecule has 0 aliphatic carbocycles. The van der Waals surface area contributed by atoms with Gasteiger partial charge in [-0.25, -0.2) is 4.39 Å². The van der Waals surface area contributed by atoms with Crippen LogP contribution < -0.4 is 4.74 Å². The van der Waals surface area contributed by atoms with Gasteiger partial charge in [-0.05, 0) is 17.7 Å². The topological polar surface area (TPSA) is 49.8 Å². The molecule has 1 heterocycles. The Morgan fingerprint density at radius 1 is 1.32 bits per heavy atom. The standard InChI is InChI=1S/C14H15F4NO3/c15-10-6-11(8-20)19(7-10)13(21)5-9-1-3-12(4-2-9)22-14(16,17)18/h1-4,10-11,20H,5-8H2/t10-,11-/m0/s1. The summed E-state index contributed by atoms with van der Waals surface area (Å²) in [4.78, 5) is 13.3. The first kappa shape index (κ1) is 16.5. The molecule has 1 amide bonds. The van der Waals surface area contributed by atoms with Gasteiger partial charge < -0.3 is 14.7 Å². The summed E-state index contributed by atoms with van der Waals surface area (Å²) in [5.74, 6) is -0.745. The Bertz CT molecular complexity index is 518. The molecule has 0 aromatic heterocycles. The number of alkyl halides is 4. The maximum atomic E-state index is 13.3. The van der Waals surface area contributed by atoms with Crippen molar-refractivity contribution in [3.05, 3.63) is 29.8 Å². The van der Waals surface area contributed by atoms with Crippen molar-refractivity contribution < 1.29 is 32.2 Å². The monoisotopic (exact) mass is 321 g/mol. The van der Waals surface area contributed by atoms with E-state index in [1.54, 1.807) is 0 Å². The Kier molecular flexibility index (Phi) is 4.90. The van der Waals surface area contributed by atoms with Crippen molar-refractivity contribution in [1.82, 2.24) is 4.90 Å². The Balaban J connectivity index is 1.97. The number of ether oxygens (including phenoxy) is 1. The van der Waals surface area contributed by atoms with Crippen LogP contribution >= 0.6 is 0 Å². The highest BCUT2D eigenvalue weighted by Gasteiger charge is 2.34. The summed E-state index contributed by atoms with van der Waals surface area (Å²) in [6, 6.07) is 4.37. The number of halogens is 4. The van der Waals surface area contributed by atoms with Crippen molar-refractivity contribution in [3.8, 4) is 5.75 Å². The highest BCUT2D eigenvalue weighted by Crippen LogP contribution is 2.24. The Labute approximate surface area is 124 Å². The molecule has 0 bridgehead atoms. The number of benzene rings is 1. The fourth-order valence-electron chi connectivity index (χ4n) is 2.42. The molecule has 0 unspecified atom stereocenters. The lowest BCUT2D eigenvalue weighted by atomic mass is 10.1. The van der Waals surface area contributed by atoms with Gasteiger partial charge in [-0.2, -0.15) is 0 Å². The molecule has 22 heavy (non-hydrogen) atoms. The van der Waals surface area contributed by atoms with Gasteiger partial charge in [0.1, 0.15) is 11.9 Å². The normalized spacial score (nSPS) is 22.0. The van der Waals surface area contributed by atoms with Crippen LogP contribution in [0.4, 0.5) is 17.6 Å². The first-order valence-corrected chi connectivity index (χ1v) is 6.67. The zero-order valence-electron chi connectivity index (χ0n) is 11.5. The number of carbonyl (C=O) groups is 1. The second-order valence-corrected chi connectivity index (χ2v) is 5.08. The van der Waals surface area contributed by atoms with Gasteiger partial charge in [0.25, 0.3) is 0 Å². The van der Waals surface area contributed by atoms with Gasteiger partial charge in [-0.3, -0.25) is 4.79 Å². The first-order valence-electron chi connectivity index (χ1n) is 6.67. The van der Waals surface area contributed by atoms with Crippen molar-refractivity contribution in [3.63, 3.8) is 0 Å². The summed E-state index contributed by atoms with van der Waals surface area (Å²) in [7, 11) is 0. The maximum Gasteiger partial charge on any atom is 0.573 e. The van der Waals surface area contributed by atoms with Crippen LogP contribution in [0.25, 0.3) is 0 Å². The van der Waals surface area contributed by atoms with Crippen molar-refractivity contribution in [1.29, 1.82) is 0 Å². The van der Waals surface area contributed by atoms with E-state index in [2.05, 4.69) is 4.74 Å². The summed E-state index contributed by atoms with van der Waals surface area (Å²) in [5, 5.41) is 9.13. The molecule has 4 nitrogen and oxygen atoms in total. The number of nitrogens with zero attached hydrogens (tertiary/aromatic N) is 1. The maximum absolute atomic E-state index is 13.3. The van der Waals surface area contributed by atoms with Crippen molar-refractivity contribution in [2.75, 3.05) is 13.2 Å². The Hall–Kier alpha value is -1.83. The number of aliphatic hydroxyl groups excluding tert-OH is 1. The molecule has 122 valence electrons. The van der Waals surface area contributed by atoms with E-state index >= 15 is 0 Å². The molecule has 0 radical (unpaired) electrons. The average molecular weight is 321 g/mol. The van der Waals surface area contributed by atoms with Crippen molar-refractivity contribution in [2.24, 2.45) is 0 Å². The van der Waals surface area contributed by atoms with E-state index < -0.39 is 18.6 Å². The molecule has 1 saturated heterocycles. The third-order valence-electron chi connectivity index (χ3n) is 3.41. The number of rotatable bonds is 4. The van der Waals surface area contributed by atoms with Gasteiger partial charge in [0, 0.05) is 6.42 Å². The van der Waals surface area contributed by atoms with Crippen LogP contribution in [-0.4, -0.2) is 47.6 Å². The summed E-state index contributed by atoms with van der Waals surface area (Å²) in [5.41, 5.74) is 0.485. The van der Waals surface area contributed by atoms with Gasteiger partial charge in [-0.1, -0.05) is 12.1 Å². The smallest absolute Gasteiger partial charge is 0.406 e. The van der Waals surface area contributed by atoms with E-state index in [1.165, 1.54) is 17.0 Å². The SMILES string of the molecule is O=C(Cc1ccc(OC(F)(F)F)cc1)N1C[C@@H](F)C[C@H]1CO. The molecular weight excluding hydrogens is 306 g/mol. The van der Waals surface area contributed by atoms with Gasteiger partial charge in [-0.15, -0.1) is 13.2 Å². The molecule has 1 aliphatic heterocycles. The highest BCUT2D eigenvalue weighted by atomic mass is 19.4. The van der Waals surface area contributed by atoms with Crippen LogP contribution in [0.15, 0.2) is 24.3 Å². The third kappa shape index (κ3) is 4.33. The van der Waals surface area contributed by atoms with Crippen LogP contribution in [0.3, 0.4) is 0 Å². The minimum atomic E-state index is -4.77. The van der Waals surface area contributed by atoms with Crippen molar-refractivity contribution in [2.45, 2.75) is 31.4 Å². The number of likely N-dealkylation sites (tertiary alicyclic amines) is 1. The molecule has 0 saturated carbocycles. The van der Waals surface area contributed by atoms with Crippen LogP contribution in [0.2, 0.25) is 0 Å². The van der Waals surface area contributed by atoms with E-state index in [0.717, 1.165) is 12.1 Å². The molecule has 1 aliphatic rings. The molecular formula is C14H15F4NO3. The second-order valence-electron chi connectivity index (χ2n) is 5.08. The Morgan fingerprint density at radius 2 is 1.95 bits per heavy atom. The Morgan fingerprint density at radius 3 is 2.50 bits per heavy atom. The zero-order chi connectivity index (χ0) is 16.3. The number of hydrogen-bond donors (Lipinski definition) is 1. The summed E-state index contributed by atoms with van der Waals surface area (Å²) >= 11 is 0. The molecule has 2 rings (SSSR count). The predicted molar refractivity (Wildman–Crippen MR) is 68.9 cm³/mol. The van der Waals surface area contributed by atoms with E-state index in [1.807, 2.05) is 0 Å². The molecule has 1 fully saturated rings. The van der Waals surface area contributed by atoms with Crippen LogP contribution in [0.5, 0.6) is 5.75 Å². The third-order valence-corrected chi connectivity index (χ3v) is 3.41. The molecule has 2 atom stereocenters. The van der Waals surface area contributed by atoms with E-state index in [9.17, 15) is 22.4 Å². The average Bonchev–Trinajstić information content (AvgIpc) is 2.80. The minimum absolute atomic E-state index is 0.0701. The number of hydrogen-bond acceptors (Lipinski definition) is 3. The second kappa shape index (κ2) is 6.51. The lowest BCUT2D eigenvalue weighted by Gasteiger charge is -2.22. The van der Waals surface area contributed by atoms with Crippen LogP contribution in [0.1, 0.15) is 12.0 Å². The van der Waals surface area contributed by atoms with Gasteiger partial charge in [0.2, 0.25) is 5.91 Å². The van der Waals surface area contributed by atoms with Crippen molar-refractivity contribution >= 4 is 5.91 Å². The molecule has 1 N–H and O–H groups in total. The lowest BCUT2D eigenvalue weighted by molar-refractivity contribution is -0.274. The first-order chi connectivity index (χ1) is 10.3. The van der Waals surface area contributed by atoms with Gasteiger partial charge in [0.05, 0.1) is 25.6 Å². The largest absolute Gasteiger partial charge is 0.573 e. The van der Waals surface area contributed by atoms with Crippen LogP contribution in [0, 0.1) is 0 Å². The van der Waals surface area contributed by atoms with Crippen LogP contribution in [-0.2, 0) is 11.2 Å². The fourth-order valence-corrected chi connectivity index (χ4v) is 2.42. The summed E-state index contributed by atoms with van der Waals surface area (Å²) < 4.78 is 53.1. The molecule has 8 heteroatoms. The van der Waals surface area contributed by atoms with E-state index in [4.69, 9.17) is 5.11 Å². The quantitative estimate of drug-likeness (QED) is 0.864. The zero-order valence-corrected chi connectivity index (χ0v) is 11.5.